The molecule has 1 rings (SSSR count). The summed E-state index contributed by atoms with van der Waals surface area (Å²) in [5.41, 5.74) is 0.920. The monoisotopic (exact) mass is 259 g/mol. The Morgan fingerprint density at radius 1 is 1.38 bits per heavy atom. The Morgan fingerprint density at radius 3 is 2.69 bits per heavy atom. The van der Waals surface area contributed by atoms with E-state index in [2.05, 4.69) is 28.5 Å². The Hall–Kier alpha value is -0.480. The summed E-state index contributed by atoms with van der Waals surface area (Å²) in [4.78, 5) is 8.48. The van der Waals surface area contributed by atoms with Crippen molar-refractivity contribution in [1.29, 1.82) is 0 Å². The van der Waals surface area contributed by atoms with E-state index in [0.717, 1.165) is 23.6 Å². The van der Waals surface area contributed by atoms with Gasteiger partial charge in [0.2, 0.25) is 0 Å². The van der Waals surface area contributed by atoms with Crippen LogP contribution in [0.15, 0.2) is 0 Å². The molecule has 0 bridgehead atoms. The SMILES string of the molecule is CSCCC(C)Nc1nc(C)nc(Cl)c1C. The Bertz CT molecular complexity index is 357. The molecule has 0 aliphatic rings. The van der Waals surface area contributed by atoms with Crippen LogP contribution in [-0.2, 0) is 0 Å². The number of aromatic nitrogens is 2. The summed E-state index contributed by atoms with van der Waals surface area (Å²) >= 11 is 7.86. The van der Waals surface area contributed by atoms with Crippen LogP contribution in [-0.4, -0.2) is 28.0 Å². The molecule has 1 aromatic rings. The molecule has 0 saturated heterocycles. The highest BCUT2D eigenvalue weighted by Crippen LogP contribution is 2.20. The van der Waals surface area contributed by atoms with Gasteiger partial charge in [-0.3, -0.25) is 0 Å². The van der Waals surface area contributed by atoms with E-state index in [4.69, 9.17) is 11.6 Å². The Morgan fingerprint density at radius 2 is 2.06 bits per heavy atom. The minimum atomic E-state index is 0.400. The number of hydrogen-bond donors (Lipinski definition) is 1. The van der Waals surface area contributed by atoms with E-state index in [1.165, 1.54) is 0 Å². The Balaban J connectivity index is 2.72. The molecule has 16 heavy (non-hydrogen) atoms. The molecule has 1 aromatic heterocycles. The summed E-state index contributed by atoms with van der Waals surface area (Å²) in [5.74, 6) is 2.70. The molecular weight excluding hydrogens is 242 g/mol. The average Bonchev–Trinajstić information content (AvgIpc) is 2.22. The second kappa shape index (κ2) is 6.30. The van der Waals surface area contributed by atoms with Crippen molar-refractivity contribution in [1.82, 2.24) is 9.97 Å². The molecule has 0 aromatic carbocycles. The van der Waals surface area contributed by atoms with Crippen LogP contribution >= 0.6 is 23.4 Å². The number of hydrogen-bond acceptors (Lipinski definition) is 4. The molecule has 1 unspecified atom stereocenters. The Kier molecular flexibility index (Phi) is 5.35. The van der Waals surface area contributed by atoms with Gasteiger partial charge in [0, 0.05) is 11.6 Å². The van der Waals surface area contributed by atoms with Crippen LogP contribution in [0.5, 0.6) is 0 Å². The number of nitrogens with one attached hydrogen (secondary N) is 1. The molecule has 5 heteroatoms. The molecule has 0 fully saturated rings. The number of nitrogens with zero attached hydrogens (tertiary/aromatic N) is 2. The van der Waals surface area contributed by atoms with Gasteiger partial charge in [-0.2, -0.15) is 11.8 Å². The van der Waals surface area contributed by atoms with Crippen LogP contribution in [0.1, 0.15) is 24.7 Å². The minimum absolute atomic E-state index is 0.400. The number of rotatable bonds is 5. The molecule has 1 heterocycles. The van der Waals surface area contributed by atoms with E-state index in [1.54, 1.807) is 0 Å². The molecule has 1 atom stereocenters. The predicted octanol–water partition coefficient (Wildman–Crippen LogP) is 3.30. The molecule has 3 nitrogen and oxygen atoms in total. The molecule has 0 saturated carbocycles. The predicted molar refractivity (Wildman–Crippen MR) is 72.6 cm³/mol. The molecular formula is C11H18ClN3S. The van der Waals surface area contributed by atoms with E-state index >= 15 is 0 Å². The first-order valence-electron chi connectivity index (χ1n) is 5.30. The van der Waals surface area contributed by atoms with Gasteiger partial charge in [-0.25, -0.2) is 9.97 Å². The van der Waals surface area contributed by atoms with E-state index < -0.39 is 0 Å². The lowest BCUT2D eigenvalue weighted by Gasteiger charge is -2.16. The molecule has 1 N–H and O–H groups in total. The quantitative estimate of drug-likeness (QED) is 0.824. The third-order valence-corrected chi connectivity index (χ3v) is 3.35. The van der Waals surface area contributed by atoms with Gasteiger partial charge in [-0.1, -0.05) is 11.6 Å². The van der Waals surface area contributed by atoms with Crippen molar-refractivity contribution in [2.75, 3.05) is 17.3 Å². The van der Waals surface area contributed by atoms with Crippen molar-refractivity contribution in [2.45, 2.75) is 33.2 Å². The van der Waals surface area contributed by atoms with Gasteiger partial charge in [0.15, 0.2) is 0 Å². The second-order valence-corrected chi connectivity index (χ2v) is 5.21. The maximum Gasteiger partial charge on any atom is 0.137 e. The lowest BCUT2D eigenvalue weighted by molar-refractivity contribution is 0.763. The minimum Gasteiger partial charge on any atom is -0.367 e. The zero-order chi connectivity index (χ0) is 12.1. The summed E-state index contributed by atoms with van der Waals surface area (Å²) in [6.07, 6.45) is 3.23. The third-order valence-electron chi connectivity index (χ3n) is 2.34. The summed E-state index contributed by atoms with van der Waals surface area (Å²) in [5, 5.41) is 3.91. The lowest BCUT2D eigenvalue weighted by Crippen LogP contribution is -2.18. The standard InChI is InChI=1S/C11H18ClN3S/c1-7(5-6-16-4)13-11-8(2)10(12)14-9(3)15-11/h7H,5-6H2,1-4H3,(H,13,14,15). The molecule has 0 amide bonds. The highest BCUT2D eigenvalue weighted by Gasteiger charge is 2.09. The molecule has 0 spiro atoms. The van der Waals surface area contributed by atoms with Gasteiger partial charge in [-0.05, 0) is 39.2 Å². The van der Waals surface area contributed by atoms with Crippen LogP contribution < -0.4 is 5.32 Å². The van der Waals surface area contributed by atoms with Crippen molar-refractivity contribution < 1.29 is 0 Å². The van der Waals surface area contributed by atoms with Crippen molar-refractivity contribution in [2.24, 2.45) is 0 Å². The van der Waals surface area contributed by atoms with Crippen molar-refractivity contribution in [3.8, 4) is 0 Å². The smallest absolute Gasteiger partial charge is 0.137 e. The van der Waals surface area contributed by atoms with Gasteiger partial charge < -0.3 is 5.32 Å². The maximum atomic E-state index is 6.01. The van der Waals surface area contributed by atoms with E-state index in [0.29, 0.717) is 17.0 Å². The van der Waals surface area contributed by atoms with Gasteiger partial charge in [0.05, 0.1) is 0 Å². The van der Waals surface area contributed by atoms with Gasteiger partial charge >= 0.3 is 0 Å². The number of aryl methyl sites for hydroxylation is 1. The van der Waals surface area contributed by atoms with Crippen LogP contribution in [0.2, 0.25) is 5.15 Å². The Labute approximate surface area is 106 Å². The van der Waals surface area contributed by atoms with Gasteiger partial charge in [-0.15, -0.1) is 0 Å². The lowest BCUT2D eigenvalue weighted by atomic mass is 10.2. The summed E-state index contributed by atoms with van der Waals surface area (Å²) in [6.45, 7) is 5.94. The summed E-state index contributed by atoms with van der Waals surface area (Å²) in [6, 6.07) is 0.400. The number of thioether (sulfide) groups is 1. The van der Waals surface area contributed by atoms with Crippen molar-refractivity contribution in [3.63, 3.8) is 0 Å². The first kappa shape index (κ1) is 13.6. The van der Waals surface area contributed by atoms with Crippen LogP contribution in [0.4, 0.5) is 5.82 Å². The molecule has 0 aliphatic carbocycles. The summed E-state index contributed by atoms with van der Waals surface area (Å²) < 4.78 is 0. The third kappa shape index (κ3) is 3.83. The number of anilines is 1. The summed E-state index contributed by atoms with van der Waals surface area (Å²) in [7, 11) is 0. The highest BCUT2D eigenvalue weighted by atomic mass is 35.5. The largest absolute Gasteiger partial charge is 0.367 e. The maximum absolute atomic E-state index is 6.01. The van der Waals surface area contributed by atoms with Crippen LogP contribution in [0.3, 0.4) is 0 Å². The fourth-order valence-corrected chi connectivity index (χ4v) is 2.14. The fourth-order valence-electron chi connectivity index (χ4n) is 1.33. The average molecular weight is 260 g/mol. The zero-order valence-electron chi connectivity index (χ0n) is 10.2. The second-order valence-electron chi connectivity index (χ2n) is 3.86. The normalized spacial score (nSPS) is 12.6. The van der Waals surface area contributed by atoms with Crippen LogP contribution in [0, 0.1) is 13.8 Å². The topological polar surface area (TPSA) is 37.8 Å². The van der Waals surface area contributed by atoms with E-state index in [1.807, 2.05) is 25.6 Å². The van der Waals surface area contributed by atoms with Crippen molar-refractivity contribution >= 4 is 29.2 Å². The van der Waals surface area contributed by atoms with Crippen molar-refractivity contribution in [3.05, 3.63) is 16.5 Å². The van der Waals surface area contributed by atoms with Gasteiger partial charge in [0.25, 0.3) is 0 Å². The van der Waals surface area contributed by atoms with E-state index in [9.17, 15) is 0 Å². The van der Waals surface area contributed by atoms with Gasteiger partial charge in [0.1, 0.15) is 16.8 Å². The molecule has 0 radical (unpaired) electrons. The molecule has 90 valence electrons. The first-order chi connectivity index (χ1) is 7.54. The molecule has 0 aliphatic heterocycles. The first-order valence-corrected chi connectivity index (χ1v) is 7.08. The zero-order valence-corrected chi connectivity index (χ0v) is 11.7. The van der Waals surface area contributed by atoms with E-state index in [-0.39, 0.29) is 0 Å². The fraction of sp³-hybridized carbons (Fsp3) is 0.636. The van der Waals surface area contributed by atoms with Crippen LogP contribution in [0.25, 0.3) is 0 Å². The number of halogens is 1. The highest BCUT2D eigenvalue weighted by molar-refractivity contribution is 7.98.